The summed E-state index contributed by atoms with van der Waals surface area (Å²) in [7, 11) is 0. The van der Waals surface area contributed by atoms with Crippen LogP contribution in [-0.4, -0.2) is 0 Å². The van der Waals surface area contributed by atoms with Gasteiger partial charge in [-0.25, -0.2) is 0 Å². The lowest BCUT2D eigenvalue weighted by atomic mass is 9.87. The molecular formula is C25H40. The van der Waals surface area contributed by atoms with Gasteiger partial charge in [-0.15, -0.1) is 0 Å². The van der Waals surface area contributed by atoms with Crippen LogP contribution in [0.15, 0.2) is 48.5 Å². The van der Waals surface area contributed by atoms with Gasteiger partial charge in [0.15, 0.2) is 0 Å². The zero-order valence-electron chi connectivity index (χ0n) is 17.2. The molecule has 3 aromatic rings. The number of fused-ring (bicyclic) bond motifs is 2. The maximum atomic E-state index is 2.28. The van der Waals surface area contributed by atoms with Crippen molar-refractivity contribution in [3.63, 3.8) is 0 Å². The molecule has 140 valence electrons. The number of hydrogen-bond donors (Lipinski definition) is 0. The highest BCUT2D eigenvalue weighted by Gasteiger charge is 2.12. The van der Waals surface area contributed by atoms with Gasteiger partial charge in [0, 0.05) is 0 Å². The van der Waals surface area contributed by atoms with E-state index in [1.165, 1.54) is 32.7 Å². The molecule has 3 aromatic carbocycles. The zero-order chi connectivity index (χ0) is 18.7. The average molecular weight is 341 g/mol. The van der Waals surface area contributed by atoms with E-state index in [1.54, 1.807) is 0 Å². The van der Waals surface area contributed by atoms with Gasteiger partial charge in [-0.3, -0.25) is 0 Å². The van der Waals surface area contributed by atoms with Crippen molar-refractivity contribution in [1.29, 1.82) is 0 Å². The van der Waals surface area contributed by atoms with Crippen molar-refractivity contribution in [2.45, 2.75) is 75.7 Å². The van der Waals surface area contributed by atoms with Crippen LogP contribution in [0.25, 0.3) is 21.5 Å². The summed E-state index contributed by atoms with van der Waals surface area (Å²) in [6.07, 6.45) is 0. The van der Waals surface area contributed by atoms with Gasteiger partial charge >= 0.3 is 0 Å². The van der Waals surface area contributed by atoms with Crippen LogP contribution in [0, 0.1) is 6.92 Å². The Morgan fingerprint density at radius 1 is 0.560 bits per heavy atom. The molecule has 0 atom stereocenters. The molecule has 0 N–H and O–H groups in total. The average Bonchev–Trinajstić information content (AvgIpc) is 2.67. The quantitative estimate of drug-likeness (QED) is 0.387. The first kappa shape index (κ1) is 25.4. The van der Waals surface area contributed by atoms with Gasteiger partial charge in [-0.2, -0.15) is 0 Å². The summed E-state index contributed by atoms with van der Waals surface area (Å²) in [6, 6.07) is 17.5. The summed E-state index contributed by atoms with van der Waals surface area (Å²) in [5.41, 5.74) is 2.87. The molecule has 0 aliphatic heterocycles. The lowest BCUT2D eigenvalue weighted by Crippen LogP contribution is -1.94. The minimum absolute atomic E-state index is 0. The molecule has 0 amide bonds. The van der Waals surface area contributed by atoms with Crippen molar-refractivity contribution in [3.8, 4) is 0 Å². The molecule has 0 heteroatoms. The van der Waals surface area contributed by atoms with Crippen molar-refractivity contribution < 1.29 is 0 Å². The lowest BCUT2D eigenvalue weighted by molar-refractivity contribution is 0.885. The highest BCUT2D eigenvalue weighted by molar-refractivity contribution is 6.05. The predicted octanol–water partition coefficient (Wildman–Crippen LogP) is 9.14. The predicted molar refractivity (Wildman–Crippen MR) is 121 cm³/mol. The molecule has 0 aromatic heterocycles. The van der Waals surface area contributed by atoms with Crippen LogP contribution in [0.3, 0.4) is 0 Å². The van der Waals surface area contributed by atoms with Crippen molar-refractivity contribution in [2.75, 3.05) is 0 Å². The number of rotatable bonds is 1. The molecule has 3 rings (SSSR count). The molecule has 0 nitrogen and oxygen atoms in total. The molecule has 0 fully saturated rings. The van der Waals surface area contributed by atoms with Crippen molar-refractivity contribution in [1.82, 2.24) is 0 Å². The van der Waals surface area contributed by atoms with Gasteiger partial charge in [-0.1, -0.05) is 111 Å². The minimum atomic E-state index is 0. The van der Waals surface area contributed by atoms with Crippen LogP contribution in [0.5, 0.6) is 0 Å². The van der Waals surface area contributed by atoms with Crippen LogP contribution in [0.1, 0.15) is 79.9 Å². The van der Waals surface area contributed by atoms with Crippen LogP contribution in [-0.2, 0) is 0 Å². The fraction of sp³-hybridized carbons (Fsp3) is 0.440. The molecule has 0 radical (unpaired) electrons. The van der Waals surface area contributed by atoms with E-state index in [1.807, 2.05) is 41.5 Å². The number of hydrogen-bond acceptors (Lipinski definition) is 0. The maximum absolute atomic E-state index is 2.28. The molecule has 0 bridgehead atoms. The van der Waals surface area contributed by atoms with Crippen LogP contribution < -0.4 is 0 Å². The molecular weight excluding hydrogens is 300 g/mol. The van der Waals surface area contributed by atoms with Crippen LogP contribution in [0.2, 0.25) is 0 Å². The van der Waals surface area contributed by atoms with E-state index < -0.39 is 0 Å². The first-order chi connectivity index (χ1) is 11.7. The van der Waals surface area contributed by atoms with E-state index in [0.29, 0.717) is 5.92 Å². The van der Waals surface area contributed by atoms with Crippen molar-refractivity contribution in [2.24, 2.45) is 0 Å². The molecule has 0 aliphatic carbocycles. The van der Waals surface area contributed by atoms with Gasteiger partial charge in [-0.05, 0) is 45.5 Å². The standard InChI is InChI=1S/C18H18.3C2H6.CH4/c1-12(2)18-16-10-6-4-8-14(16)13(3)15-9-5-7-11-17(15)18;3*1-2;/h4-12H,1-3H3;3*1-2H3;1H4. The maximum Gasteiger partial charge on any atom is -0.0140 e. The van der Waals surface area contributed by atoms with Crippen molar-refractivity contribution >= 4 is 21.5 Å². The Morgan fingerprint density at radius 3 is 1.12 bits per heavy atom. The third kappa shape index (κ3) is 5.59. The summed E-state index contributed by atoms with van der Waals surface area (Å²) >= 11 is 0. The smallest absolute Gasteiger partial charge is 0.0140 e. The monoisotopic (exact) mass is 340 g/mol. The largest absolute Gasteiger partial charge is 0.0776 e. The van der Waals surface area contributed by atoms with Gasteiger partial charge < -0.3 is 0 Å². The van der Waals surface area contributed by atoms with E-state index in [4.69, 9.17) is 0 Å². The van der Waals surface area contributed by atoms with Crippen molar-refractivity contribution in [3.05, 3.63) is 59.7 Å². The Hall–Kier alpha value is -1.82. The van der Waals surface area contributed by atoms with Gasteiger partial charge in [0.1, 0.15) is 0 Å². The van der Waals surface area contributed by atoms with E-state index in [9.17, 15) is 0 Å². The molecule has 25 heavy (non-hydrogen) atoms. The first-order valence-corrected chi connectivity index (χ1v) is 9.60. The molecule has 0 spiro atoms. The third-order valence-corrected chi connectivity index (χ3v) is 3.82. The van der Waals surface area contributed by atoms with E-state index >= 15 is 0 Å². The molecule has 0 aliphatic rings. The Kier molecular flexibility index (Phi) is 13.7. The second kappa shape index (κ2) is 13.5. The highest BCUT2D eigenvalue weighted by Crippen LogP contribution is 2.36. The first-order valence-electron chi connectivity index (χ1n) is 9.60. The third-order valence-electron chi connectivity index (χ3n) is 3.82. The molecule has 0 heterocycles. The molecule has 0 unspecified atom stereocenters. The lowest BCUT2D eigenvalue weighted by Gasteiger charge is -2.17. The molecule has 0 saturated heterocycles. The fourth-order valence-electron chi connectivity index (χ4n) is 3.00. The van der Waals surface area contributed by atoms with E-state index in [2.05, 4.69) is 69.3 Å². The second-order valence-corrected chi connectivity index (χ2v) is 5.28. The van der Waals surface area contributed by atoms with Gasteiger partial charge in [0.05, 0.1) is 0 Å². The Balaban J connectivity index is 0. The Labute approximate surface area is 157 Å². The highest BCUT2D eigenvalue weighted by atomic mass is 14.2. The summed E-state index contributed by atoms with van der Waals surface area (Å²) in [4.78, 5) is 0. The Morgan fingerprint density at radius 2 is 0.840 bits per heavy atom. The summed E-state index contributed by atoms with van der Waals surface area (Å²) in [6.45, 7) is 18.8. The van der Waals surface area contributed by atoms with Gasteiger partial charge in [0.2, 0.25) is 0 Å². The topological polar surface area (TPSA) is 0 Å². The normalized spacial score (nSPS) is 9.04. The summed E-state index contributed by atoms with van der Waals surface area (Å²) in [5.74, 6) is 0.542. The second-order valence-electron chi connectivity index (χ2n) is 5.28. The zero-order valence-corrected chi connectivity index (χ0v) is 17.2. The molecule has 0 saturated carbocycles. The summed E-state index contributed by atoms with van der Waals surface area (Å²) < 4.78 is 0. The van der Waals surface area contributed by atoms with Crippen LogP contribution in [0.4, 0.5) is 0 Å². The van der Waals surface area contributed by atoms with Gasteiger partial charge in [0.25, 0.3) is 0 Å². The Bertz CT molecular complexity index is 664. The van der Waals surface area contributed by atoms with E-state index in [0.717, 1.165) is 0 Å². The SMILES string of the molecule is C.CC.CC.CC.Cc1c2ccccc2c(C(C)C)c2ccccc12. The van der Waals surface area contributed by atoms with Crippen LogP contribution >= 0.6 is 0 Å². The summed E-state index contributed by atoms with van der Waals surface area (Å²) in [5, 5.41) is 5.59. The minimum Gasteiger partial charge on any atom is -0.0776 e. The number of aryl methyl sites for hydroxylation is 1. The fourth-order valence-corrected chi connectivity index (χ4v) is 3.00. The van der Waals surface area contributed by atoms with E-state index in [-0.39, 0.29) is 7.43 Å². The number of benzene rings is 3.